The van der Waals surface area contributed by atoms with Crippen LogP contribution in [0.4, 0.5) is 0 Å². The highest BCUT2D eigenvalue weighted by Crippen LogP contribution is 2.24. The molecule has 1 aromatic carbocycles. The molecule has 1 N–H and O–H groups in total. The highest BCUT2D eigenvalue weighted by molar-refractivity contribution is 5.97. The van der Waals surface area contributed by atoms with Crippen LogP contribution in [0, 0.1) is 18.8 Å². The van der Waals surface area contributed by atoms with Crippen LogP contribution in [-0.4, -0.2) is 31.2 Å². The Hall–Kier alpha value is -3.79. The van der Waals surface area contributed by atoms with Gasteiger partial charge in [0.2, 0.25) is 0 Å². The molecule has 142 valence electrons. The number of fused-ring (bicyclic) bond motifs is 1. The van der Waals surface area contributed by atoms with Gasteiger partial charge in [-0.05, 0) is 31.2 Å². The summed E-state index contributed by atoms with van der Waals surface area (Å²) in [4.78, 5) is 28.5. The fourth-order valence-corrected chi connectivity index (χ4v) is 2.43. The van der Waals surface area contributed by atoms with Crippen LogP contribution in [-0.2, 0) is 0 Å². The number of aromatic nitrogens is 1. The number of rotatable bonds is 5. The minimum Gasteiger partial charge on any atom is -0.493 e. The maximum absolute atomic E-state index is 12.2. The summed E-state index contributed by atoms with van der Waals surface area (Å²) in [5.41, 5.74) is 0.369. The van der Waals surface area contributed by atoms with E-state index in [4.69, 9.17) is 13.9 Å². The van der Waals surface area contributed by atoms with Crippen molar-refractivity contribution in [3.8, 4) is 23.3 Å². The lowest BCUT2D eigenvalue weighted by Crippen LogP contribution is -2.28. The van der Waals surface area contributed by atoms with Crippen molar-refractivity contribution in [2.75, 3.05) is 20.3 Å². The highest BCUT2D eigenvalue weighted by atomic mass is 16.5. The van der Waals surface area contributed by atoms with Crippen molar-refractivity contribution in [3.63, 3.8) is 0 Å². The van der Waals surface area contributed by atoms with Gasteiger partial charge in [0.05, 0.1) is 19.9 Å². The molecule has 3 rings (SSSR count). The Kier molecular flexibility index (Phi) is 5.92. The minimum absolute atomic E-state index is 0.0733. The predicted molar refractivity (Wildman–Crippen MR) is 104 cm³/mol. The first-order valence-electron chi connectivity index (χ1n) is 8.48. The summed E-state index contributed by atoms with van der Waals surface area (Å²) in [6, 6.07) is 10.3. The first-order valence-corrected chi connectivity index (χ1v) is 8.48. The molecule has 1 amide bonds. The van der Waals surface area contributed by atoms with Crippen LogP contribution in [0.25, 0.3) is 11.0 Å². The highest BCUT2D eigenvalue weighted by Gasteiger charge is 2.14. The molecule has 0 aliphatic carbocycles. The average Bonchev–Trinajstić information content (AvgIpc) is 2.70. The van der Waals surface area contributed by atoms with Gasteiger partial charge in [0.25, 0.3) is 5.91 Å². The monoisotopic (exact) mass is 378 g/mol. The SMILES string of the molecule is COc1cccc2cc(C(=O)NCC#CCOc3ccc(C)nc3)c(=O)oc12. The number of methoxy groups -OCH3 is 1. The lowest BCUT2D eigenvalue weighted by atomic mass is 10.1. The minimum atomic E-state index is -0.738. The molecule has 2 aromatic heterocycles. The van der Waals surface area contributed by atoms with Gasteiger partial charge in [-0.15, -0.1) is 0 Å². The summed E-state index contributed by atoms with van der Waals surface area (Å²) in [6.45, 7) is 2.13. The lowest BCUT2D eigenvalue weighted by molar-refractivity contribution is 0.0955. The summed E-state index contributed by atoms with van der Waals surface area (Å²) < 4.78 is 15.8. The van der Waals surface area contributed by atoms with Crippen LogP contribution in [0.2, 0.25) is 0 Å². The van der Waals surface area contributed by atoms with E-state index in [0.717, 1.165) is 5.69 Å². The molecule has 0 fully saturated rings. The third-order valence-corrected chi connectivity index (χ3v) is 3.85. The van der Waals surface area contributed by atoms with Crippen LogP contribution < -0.4 is 20.4 Å². The quantitative estimate of drug-likeness (QED) is 0.541. The number of pyridine rings is 1. The van der Waals surface area contributed by atoms with E-state index in [2.05, 4.69) is 22.1 Å². The van der Waals surface area contributed by atoms with E-state index < -0.39 is 11.5 Å². The van der Waals surface area contributed by atoms with Crippen molar-refractivity contribution in [3.05, 3.63) is 64.3 Å². The Morgan fingerprint density at radius 2 is 2.11 bits per heavy atom. The number of nitrogens with zero attached hydrogens (tertiary/aromatic N) is 1. The third-order valence-electron chi connectivity index (χ3n) is 3.85. The molecule has 7 heteroatoms. The molecule has 0 unspecified atom stereocenters. The fraction of sp³-hybridized carbons (Fsp3) is 0.190. The van der Waals surface area contributed by atoms with E-state index in [1.807, 2.05) is 13.0 Å². The molecule has 0 spiro atoms. The van der Waals surface area contributed by atoms with Gasteiger partial charge >= 0.3 is 5.63 Å². The zero-order chi connectivity index (χ0) is 19.9. The van der Waals surface area contributed by atoms with Crippen molar-refractivity contribution in [1.29, 1.82) is 0 Å². The number of carbonyl (C=O) groups is 1. The largest absolute Gasteiger partial charge is 0.493 e. The van der Waals surface area contributed by atoms with Gasteiger partial charge in [0, 0.05) is 11.1 Å². The van der Waals surface area contributed by atoms with Crippen molar-refractivity contribution >= 4 is 16.9 Å². The van der Waals surface area contributed by atoms with Gasteiger partial charge in [0.1, 0.15) is 17.9 Å². The summed E-state index contributed by atoms with van der Waals surface area (Å²) in [7, 11) is 1.48. The number of ether oxygens (including phenoxy) is 2. The summed E-state index contributed by atoms with van der Waals surface area (Å²) in [5.74, 6) is 6.03. The zero-order valence-corrected chi connectivity index (χ0v) is 15.4. The lowest BCUT2D eigenvalue weighted by Gasteiger charge is -2.05. The van der Waals surface area contributed by atoms with Crippen LogP contribution in [0.3, 0.4) is 0 Å². The number of hydrogen-bond donors (Lipinski definition) is 1. The number of benzene rings is 1. The van der Waals surface area contributed by atoms with E-state index >= 15 is 0 Å². The van der Waals surface area contributed by atoms with Gasteiger partial charge < -0.3 is 19.2 Å². The van der Waals surface area contributed by atoms with Gasteiger partial charge in [-0.25, -0.2) is 4.79 Å². The van der Waals surface area contributed by atoms with Crippen molar-refractivity contribution in [2.45, 2.75) is 6.92 Å². The average molecular weight is 378 g/mol. The van der Waals surface area contributed by atoms with E-state index in [1.165, 1.54) is 13.2 Å². The Bertz CT molecular complexity index is 1110. The Morgan fingerprint density at radius 3 is 2.86 bits per heavy atom. The summed E-state index contributed by atoms with van der Waals surface area (Å²) in [6.07, 6.45) is 1.62. The standard InChI is InChI=1S/C21H18N2O5/c1-14-8-9-16(13-23-14)27-11-4-3-10-22-20(24)17-12-15-6-5-7-18(26-2)19(15)28-21(17)25/h5-9,12-13H,10-11H2,1-2H3,(H,22,24). The number of hydrogen-bond acceptors (Lipinski definition) is 6. The van der Waals surface area contributed by atoms with Crippen molar-refractivity contribution < 1.29 is 18.7 Å². The van der Waals surface area contributed by atoms with Gasteiger partial charge in [0.15, 0.2) is 11.3 Å². The maximum Gasteiger partial charge on any atom is 0.349 e. The van der Waals surface area contributed by atoms with E-state index in [0.29, 0.717) is 22.5 Å². The second kappa shape index (κ2) is 8.73. The van der Waals surface area contributed by atoms with Gasteiger partial charge in [-0.1, -0.05) is 24.0 Å². The zero-order valence-electron chi connectivity index (χ0n) is 15.4. The number of para-hydroxylation sites is 1. The van der Waals surface area contributed by atoms with Crippen LogP contribution in [0.1, 0.15) is 16.1 Å². The first-order chi connectivity index (χ1) is 13.6. The molecular formula is C21H18N2O5. The van der Waals surface area contributed by atoms with Crippen LogP contribution in [0.15, 0.2) is 51.8 Å². The number of carbonyl (C=O) groups excluding carboxylic acids is 1. The molecule has 0 saturated heterocycles. The smallest absolute Gasteiger partial charge is 0.349 e. The topological polar surface area (TPSA) is 90.7 Å². The molecule has 7 nitrogen and oxygen atoms in total. The number of amides is 1. The number of nitrogens with one attached hydrogen (secondary N) is 1. The van der Waals surface area contributed by atoms with Crippen molar-refractivity contribution in [1.82, 2.24) is 10.3 Å². The summed E-state index contributed by atoms with van der Waals surface area (Å²) in [5, 5.41) is 3.16. The van der Waals surface area contributed by atoms with Gasteiger partial charge in [-0.2, -0.15) is 0 Å². The first kappa shape index (κ1) is 19.0. The molecule has 0 bridgehead atoms. The molecule has 2 heterocycles. The maximum atomic E-state index is 12.2. The second-order valence-electron chi connectivity index (χ2n) is 5.79. The molecule has 0 atom stereocenters. The predicted octanol–water partition coefficient (Wildman–Crippen LogP) is 2.32. The molecule has 0 saturated carbocycles. The van der Waals surface area contributed by atoms with Crippen LogP contribution in [0.5, 0.6) is 11.5 Å². The van der Waals surface area contributed by atoms with Gasteiger partial charge in [-0.3, -0.25) is 9.78 Å². The third kappa shape index (κ3) is 4.48. The molecule has 0 aliphatic heterocycles. The fourth-order valence-electron chi connectivity index (χ4n) is 2.43. The second-order valence-corrected chi connectivity index (χ2v) is 5.79. The Balaban J connectivity index is 1.59. The Morgan fingerprint density at radius 1 is 1.25 bits per heavy atom. The van der Waals surface area contributed by atoms with E-state index in [1.54, 1.807) is 30.5 Å². The normalized spacial score (nSPS) is 10.1. The molecule has 3 aromatic rings. The molecule has 0 aliphatic rings. The van der Waals surface area contributed by atoms with Crippen LogP contribution >= 0.6 is 0 Å². The summed E-state index contributed by atoms with van der Waals surface area (Å²) >= 11 is 0. The molecule has 0 radical (unpaired) electrons. The van der Waals surface area contributed by atoms with E-state index in [-0.39, 0.29) is 18.7 Å². The number of aryl methyl sites for hydroxylation is 1. The Labute approximate surface area is 161 Å². The van der Waals surface area contributed by atoms with Crippen molar-refractivity contribution in [2.24, 2.45) is 0 Å². The molecule has 28 heavy (non-hydrogen) atoms. The van der Waals surface area contributed by atoms with E-state index in [9.17, 15) is 9.59 Å². The molecular weight excluding hydrogens is 360 g/mol.